The third-order valence-corrected chi connectivity index (χ3v) is 5.15. The first-order chi connectivity index (χ1) is 13.5. The minimum Gasteiger partial charge on any atom is -0.434 e. The Morgan fingerprint density at radius 2 is 1.96 bits per heavy atom. The van der Waals surface area contributed by atoms with Crippen LogP contribution in [0.3, 0.4) is 0 Å². The molecule has 0 bridgehead atoms. The Bertz CT molecular complexity index is 1060. The van der Waals surface area contributed by atoms with Crippen molar-refractivity contribution < 1.29 is 9.66 Å². The van der Waals surface area contributed by atoms with Crippen molar-refractivity contribution in [2.75, 3.05) is 11.4 Å². The number of aromatic nitrogens is 2. The summed E-state index contributed by atoms with van der Waals surface area (Å²) in [6.07, 6.45) is 2.09. The number of hydrogen-bond acceptors (Lipinski definition) is 6. The Morgan fingerprint density at radius 1 is 1.18 bits per heavy atom. The summed E-state index contributed by atoms with van der Waals surface area (Å²) in [5.74, 6) is 0.601. The van der Waals surface area contributed by atoms with Crippen molar-refractivity contribution in [2.24, 2.45) is 0 Å². The van der Waals surface area contributed by atoms with Gasteiger partial charge in [-0.3, -0.25) is 10.1 Å². The number of aryl methyl sites for hydroxylation is 1. The number of halogens is 1. The smallest absolute Gasteiger partial charge is 0.373 e. The third kappa shape index (κ3) is 3.48. The average molecular weight is 397 g/mol. The zero-order valence-electron chi connectivity index (χ0n) is 15.1. The van der Waals surface area contributed by atoms with Gasteiger partial charge in [0.25, 0.3) is 0 Å². The van der Waals surface area contributed by atoms with Crippen LogP contribution in [-0.2, 0) is 13.0 Å². The molecule has 0 saturated carbocycles. The normalized spacial score (nSPS) is 13.1. The van der Waals surface area contributed by atoms with Gasteiger partial charge in [0.1, 0.15) is 12.1 Å². The fraction of sp³-hybridized carbons (Fsp3) is 0.200. The van der Waals surface area contributed by atoms with Gasteiger partial charge in [0, 0.05) is 18.1 Å². The lowest BCUT2D eigenvalue weighted by molar-refractivity contribution is -0.385. The monoisotopic (exact) mass is 396 g/mol. The van der Waals surface area contributed by atoms with Crippen molar-refractivity contribution >= 4 is 23.1 Å². The molecule has 8 heteroatoms. The maximum absolute atomic E-state index is 11.8. The number of hydrogen-bond donors (Lipinski definition) is 0. The zero-order valence-corrected chi connectivity index (χ0v) is 15.9. The van der Waals surface area contributed by atoms with E-state index in [1.165, 1.54) is 11.9 Å². The summed E-state index contributed by atoms with van der Waals surface area (Å²) in [7, 11) is 0. The molecular weight excluding hydrogens is 380 g/mol. The second kappa shape index (κ2) is 7.44. The van der Waals surface area contributed by atoms with Gasteiger partial charge in [0.05, 0.1) is 4.92 Å². The summed E-state index contributed by atoms with van der Waals surface area (Å²) in [6.45, 7) is 3.02. The summed E-state index contributed by atoms with van der Waals surface area (Å²) in [6, 6.07) is 13.1. The number of fused-ring (bicyclic) bond motifs is 1. The molecule has 0 atom stereocenters. The van der Waals surface area contributed by atoms with Crippen LogP contribution in [0.25, 0.3) is 0 Å². The van der Waals surface area contributed by atoms with Gasteiger partial charge < -0.3 is 9.64 Å². The molecule has 3 aromatic rings. The largest absolute Gasteiger partial charge is 0.434 e. The number of nitrogens with zero attached hydrogens (tertiary/aromatic N) is 4. The molecule has 0 N–H and O–H groups in total. The van der Waals surface area contributed by atoms with Crippen molar-refractivity contribution in [3.05, 3.63) is 80.6 Å². The minimum absolute atomic E-state index is 0.0874. The van der Waals surface area contributed by atoms with Gasteiger partial charge in [-0.2, -0.15) is 4.98 Å². The summed E-state index contributed by atoms with van der Waals surface area (Å²) in [4.78, 5) is 21.5. The molecule has 0 aliphatic carbocycles. The van der Waals surface area contributed by atoms with Crippen LogP contribution in [0.1, 0.15) is 16.7 Å². The number of benzene rings is 2. The summed E-state index contributed by atoms with van der Waals surface area (Å²) in [5, 5.41) is 12.4. The van der Waals surface area contributed by atoms with E-state index < -0.39 is 4.92 Å². The Kier molecular flexibility index (Phi) is 4.83. The Hall–Kier alpha value is -3.19. The number of ether oxygens (including phenoxy) is 1. The molecule has 1 aliphatic rings. The molecule has 4 rings (SSSR count). The van der Waals surface area contributed by atoms with Gasteiger partial charge >= 0.3 is 11.6 Å². The Balaban J connectivity index is 1.70. The van der Waals surface area contributed by atoms with E-state index in [2.05, 4.69) is 16.0 Å². The average Bonchev–Trinajstić information content (AvgIpc) is 2.70. The SMILES string of the molecule is Cc1cc(Oc2ncnc(N3CCc4ccccc4C3)c2[N+](=O)[O-])ccc1Cl. The van der Waals surface area contributed by atoms with Crippen LogP contribution < -0.4 is 9.64 Å². The van der Waals surface area contributed by atoms with Crippen LogP contribution in [0.2, 0.25) is 5.02 Å². The van der Waals surface area contributed by atoms with Crippen LogP contribution in [-0.4, -0.2) is 21.4 Å². The van der Waals surface area contributed by atoms with Crippen LogP contribution in [0.4, 0.5) is 11.5 Å². The zero-order chi connectivity index (χ0) is 19.7. The molecule has 28 heavy (non-hydrogen) atoms. The van der Waals surface area contributed by atoms with Gasteiger partial charge in [-0.25, -0.2) is 4.98 Å². The standard InChI is InChI=1S/C20H17ClN4O3/c1-13-10-16(6-7-17(13)21)28-20-18(25(26)27)19(22-12-23-20)24-9-8-14-4-2-3-5-15(14)11-24/h2-7,10,12H,8-9,11H2,1H3. The quantitative estimate of drug-likeness (QED) is 0.469. The molecule has 0 amide bonds. The molecule has 0 radical (unpaired) electrons. The van der Waals surface area contributed by atoms with E-state index >= 15 is 0 Å². The first-order valence-corrected chi connectivity index (χ1v) is 9.16. The van der Waals surface area contributed by atoms with E-state index in [1.54, 1.807) is 18.2 Å². The van der Waals surface area contributed by atoms with Crippen molar-refractivity contribution in [1.29, 1.82) is 0 Å². The lowest BCUT2D eigenvalue weighted by atomic mass is 10.00. The topological polar surface area (TPSA) is 81.4 Å². The van der Waals surface area contributed by atoms with Crippen LogP contribution >= 0.6 is 11.6 Å². The first-order valence-electron chi connectivity index (χ1n) is 8.78. The molecule has 0 spiro atoms. The van der Waals surface area contributed by atoms with Gasteiger partial charge in [0.15, 0.2) is 0 Å². The molecule has 1 aromatic heterocycles. The molecule has 0 saturated heterocycles. The molecule has 0 fully saturated rings. The molecular formula is C20H17ClN4O3. The molecule has 0 unspecified atom stereocenters. The van der Waals surface area contributed by atoms with Crippen molar-refractivity contribution in [3.63, 3.8) is 0 Å². The predicted octanol–water partition coefficient (Wildman–Crippen LogP) is 4.70. The molecule has 2 aromatic carbocycles. The van der Waals surface area contributed by atoms with Crippen LogP contribution in [0, 0.1) is 17.0 Å². The maximum Gasteiger partial charge on any atom is 0.373 e. The summed E-state index contributed by atoms with van der Waals surface area (Å²) < 4.78 is 5.73. The van der Waals surface area contributed by atoms with Crippen molar-refractivity contribution in [3.8, 4) is 11.6 Å². The molecule has 7 nitrogen and oxygen atoms in total. The third-order valence-electron chi connectivity index (χ3n) is 4.73. The van der Waals surface area contributed by atoms with E-state index in [-0.39, 0.29) is 17.4 Å². The van der Waals surface area contributed by atoms with E-state index in [9.17, 15) is 10.1 Å². The molecule has 1 aliphatic heterocycles. The number of rotatable bonds is 4. The van der Waals surface area contributed by atoms with E-state index in [0.717, 1.165) is 17.5 Å². The highest BCUT2D eigenvalue weighted by atomic mass is 35.5. The highest BCUT2D eigenvalue weighted by molar-refractivity contribution is 6.31. The maximum atomic E-state index is 11.8. The number of nitro groups is 1. The van der Waals surface area contributed by atoms with E-state index in [1.807, 2.05) is 30.0 Å². The Morgan fingerprint density at radius 3 is 2.71 bits per heavy atom. The highest BCUT2D eigenvalue weighted by Crippen LogP contribution is 2.38. The highest BCUT2D eigenvalue weighted by Gasteiger charge is 2.30. The second-order valence-corrected chi connectivity index (χ2v) is 6.97. The van der Waals surface area contributed by atoms with Crippen molar-refractivity contribution in [1.82, 2.24) is 9.97 Å². The molecule has 2 heterocycles. The minimum atomic E-state index is -0.492. The fourth-order valence-electron chi connectivity index (χ4n) is 3.29. The summed E-state index contributed by atoms with van der Waals surface area (Å²) in [5.41, 5.74) is 2.96. The van der Waals surface area contributed by atoms with E-state index in [4.69, 9.17) is 16.3 Å². The van der Waals surface area contributed by atoms with Gasteiger partial charge in [-0.05, 0) is 48.2 Å². The lowest BCUT2D eigenvalue weighted by Gasteiger charge is -2.29. The van der Waals surface area contributed by atoms with Crippen LogP contribution in [0.15, 0.2) is 48.8 Å². The fourth-order valence-corrected chi connectivity index (χ4v) is 3.41. The van der Waals surface area contributed by atoms with Crippen LogP contribution in [0.5, 0.6) is 11.6 Å². The van der Waals surface area contributed by atoms with Gasteiger partial charge in [0.2, 0.25) is 5.82 Å². The van der Waals surface area contributed by atoms with Gasteiger partial charge in [-0.1, -0.05) is 35.9 Å². The first kappa shape index (κ1) is 18.2. The van der Waals surface area contributed by atoms with Crippen molar-refractivity contribution in [2.45, 2.75) is 19.9 Å². The number of anilines is 1. The predicted molar refractivity (Wildman–Crippen MR) is 106 cm³/mol. The second-order valence-electron chi connectivity index (χ2n) is 6.56. The Labute approximate surface area is 166 Å². The summed E-state index contributed by atoms with van der Waals surface area (Å²) >= 11 is 6.04. The molecule has 142 valence electrons. The van der Waals surface area contributed by atoms with Gasteiger partial charge in [-0.15, -0.1) is 0 Å². The van der Waals surface area contributed by atoms with E-state index in [0.29, 0.717) is 23.9 Å². The lowest BCUT2D eigenvalue weighted by Crippen LogP contribution is -2.31.